The Morgan fingerprint density at radius 2 is 1.79 bits per heavy atom. The van der Waals surface area contributed by atoms with Crippen LogP contribution in [0.2, 0.25) is 0 Å². The maximum absolute atomic E-state index is 5.64. The highest BCUT2D eigenvalue weighted by atomic mass is 35.5. The molecule has 1 aromatic carbocycles. The van der Waals surface area contributed by atoms with Crippen molar-refractivity contribution in [3.63, 3.8) is 0 Å². The molecule has 1 aromatic rings. The van der Waals surface area contributed by atoms with Crippen LogP contribution in [0.1, 0.15) is 5.56 Å². The third kappa shape index (κ3) is 4.16. The predicted octanol–water partition coefficient (Wildman–Crippen LogP) is 1.55. The van der Waals surface area contributed by atoms with Gasteiger partial charge in [-0.25, -0.2) is 0 Å². The molecule has 0 aliphatic carbocycles. The molecule has 0 atom stereocenters. The molecule has 78 valence electrons. The van der Waals surface area contributed by atoms with Crippen molar-refractivity contribution in [2.75, 3.05) is 18.0 Å². The van der Waals surface area contributed by atoms with E-state index in [0.29, 0.717) is 11.4 Å². The van der Waals surface area contributed by atoms with Gasteiger partial charge in [0.15, 0.2) is 0 Å². The van der Waals surface area contributed by atoms with E-state index in [9.17, 15) is 0 Å². The maximum Gasteiger partial charge on any atom is 0.0337 e. The number of anilines is 2. The van der Waals surface area contributed by atoms with Crippen molar-refractivity contribution in [2.45, 2.75) is 6.54 Å². The quantitative estimate of drug-likeness (QED) is 0.404. The minimum atomic E-state index is 0. The van der Waals surface area contributed by atoms with Gasteiger partial charge in [0.2, 0.25) is 0 Å². The minimum Gasteiger partial charge on any atom is -0.399 e. The van der Waals surface area contributed by atoms with Crippen LogP contribution in [0.25, 0.3) is 0 Å². The molecule has 0 heterocycles. The van der Waals surface area contributed by atoms with Gasteiger partial charge in [0.1, 0.15) is 0 Å². The first-order valence-corrected chi connectivity index (χ1v) is 4.19. The number of halogens is 1. The molecule has 0 fully saturated rings. The van der Waals surface area contributed by atoms with E-state index in [-0.39, 0.29) is 12.4 Å². The molecule has 14 heavy (non-hydrogen) atoms. The monoisotopic (exact) mass is 213 g/mol. The van der Waals surface area contributed by atoms with Gasteiger partial charge in [0, 0.05) is 24.5 Å². The largest absolute Gasteiger partial charge is 0.399 e. The highest BCUT2D eigenvalue weighted by molar-refractivity contribution is 5.85. The first kappa shape index (κ1) is 12.8. The van der Waals surface area contributed by atoms with Crippen LogP contribution < -0.4 is 16.8 Å². The van der Waals surface area contributed by atoms with Crippen molar-refractivity contribution in [3.8, 4) is 0 Å². The van der Waals surface area contributed by atoms with Gasteiger partial charge in [0.25, 0.3) is 0 Å². The van der Waals surface area contributed by atoms with Crippen LogP contribution in [0.15, 0.2) is 30.9 Å². The Bertz CT molecular complexity index is 279. The van der Waals surface area contributed by atoms with E-state index < -0.39 is 0 Å². The zero-order valence-electron chi connectivity index (χ0n) is 7.99. The molecule has 0 amide bonds. The van der Waals surface area contributed by atoms with Crippen molar-refractivity contribution in [1.29, 1.82) is 0 Å². The van der Waals surface area contributed by atoms with E-state index in [1.54, 1.807) is 6.07 Å². The summed E-state index contributed by atoms with van der Waals surface area (Å²) in [7, 11) is 0. The zero-order chi connectivity index (χ0) is 9.68. The van der Waals surface area contributed by atoms with Crippen LogP contribution in [-0.4, -0.2) is 6.54 Å². The maximum atomic E-state index is 5.64. The molecule has 0 radical (unpaired) electrons. The van der Waals surface area contributed by atoms with Gasteiger partial charge in [-0.05, 0) is 23.8 Å². The van der Waals surface area contributed by atoms with Crippen molar-refractivity contribution >= 4 is 23.8 Å². The molecule has 0 unspecified atom stereocenters. The molecular weight excluding hydrogens is 198 g/mol. The van der Waals surface area contributed by atoms with E-state index in [4.69, 9.17) is 11.5 Å². The lowest BCUT2D eigenvalue weighted by Gasteiger charge is -2.04. The van der Waals surface area contributed by atoms with Gasteiger partial charge in [-0.2, -0.15) is 0 Å². The second kappa shape index (κ2) is 6.29. The minimum absolute atomic E-state index is 0. The fourth-order valence-electron chi connectivity index (χ4n) is 1.17. The van der Waals surface area contributed by atoms with Gasteiger partial charge in [0.05, 0.1) is 0 Å². The summed E-state index contributed by atoms with van der Waals surface area (Å²) in [6.45, 7) is 5.17. The summed E-state index contributed by atoms with van der Waals surface area (Å²) < 4.78 is 0. The van der Waals surface area contributed by atoms with Crippen molar-refractivity contribution in [3.05, 3.63) is 36.4 Å². The number of nitrogens with one attached hydrogen (secondary N) is 1. The Morgan fingerprint density at radius 1 is 1.21 bits per heavy atom. The van der Waals surface area contributed by atoms with Crippen molar-refractivity contribution < 1.29 is 0 Å². The van der Waals surface area contributed by atoms with Crippen LogP contribution in [0, 0.1) is 0 Å². The standard InChI is InChI=1S/C10H15N3.ClH/c1-2-3-13-7-8-4-9(11)6-10(12)5-8;/h2,4-6,13H,1,3,7,11-12H2;1H. The van der Waals surface area contributed by atoms with Crippen LogP contribution in [-0.2, 0) is 6.54 Å². The van der Waals surface area contributed by atoms with Crippen LogP contribution in [0.4, 0.5) is 11.4 Å². The third-order valence-corrected chi connectivity index (χ3v) is 1.66. The van der Waals surface area contributed by atoms with E-state index in [2.05, 4.69) is 11.9 Å². The molecule has 0 aromatic heterocycles. The number of hydrogen-bond acceptors (Lipinski definition) is 3. The number of rotatable bonds is 4. The lowest BCUT2D eigenvalue weighted by molar-refractivity contribution is 0.761. The average Bonchev–Trinajstić information content (AvgIpc) is 2.03. The number of nitrogens with two attached hydrogens (primary N) is 2. The fraction of sp³-hybridized carbons (Fsp3) is 0.200. The molecule has 1 rings (SSSR count). The normalized spacial score (nSPS) is 9.14. The van der Waals surface area contributed by atoms with E-state index >= 15 is 0 Å². The van der Waals surface area contributed by atoms with Gasteiger partial charge in [-0.1, -0.05) is 6.08 Å². The Morgan fingerprint density at radius 3 is 2.29 bits per heavy atom. The van der Waals surface area contributed by atoms with Gasteiger partial charge in [-0.15, -0.1) is 19.0 Å². The molecule has 3 nitrogen and oxygen atoms in total. The summed E-state index contributed by atoms with van der Waals surface area (Å²) in [5.41, 5.74) is 13.8. The highest BCUT2D eigenvalue weighted by Gasteiger charge is 1.95. The molecule has 4 heteroatoms. The highest BCUT2D eigenvalue weighted by Crippen LogP contribution is 2.12. The first-order valence-electron chi connectivity index (χ1n) is 4.19. The summed E-state index contributed by atoms with van der Waals surface area (Å²) >= 11 is 0. The van der Waals surface area contributed by atoms with E-state index in [1.165, 1.54) is 0 Å². The molecule has 0 saturated heterocycles. The number of benzene rings is 1. The molecule has 0 bridgehead atoms. The smallest absolute Gasteiger partial charge is 0.0337 e. The molecular formula is C10H16ClN3. The molecule has 0 saturated carbocycles. The van der Waals surface area contributed by atoms with Gasteiger partial charge < -0.3 is 16.8 Å². The second-order valence-corrected chi connectivity index (χ2v) is 2.93. The molecule has 0 aliphatic rings. The Labute approximate surface area is 90.6 Å². The van der Waals surface area contributed by atoms with Crippen LogP contribution >= 0.6 is 12.4 Å². The van der Waals surface area contributed by atoms with Gasteiger partial charge >= 0.3 is 0 Å². The Hall–Kier alpha value is -1.19. The predicted molar refractivity (Wildman–Crippen MR) is 64.4 cm³/mol. The Balaban J connectivity index is 0.00000169. The third-order valence-electron chi connectivity index (χ3n) is 1.66. The van der Waals surface area contributed by atoms with Crippen LogP contribution in [0.5, 0.6) is 0 Å². The molecule has 0 spiro atoms. The molecule has 0 aliphatic heterocycles. The van der Waals surface area contributed by atoms with Crippen LogP contribution in [0.3, 0.4) is 0 Å². The van der Waals surface area contributed by atoms with E-state index in [0.717, 1.165) is 18.7 Å². The summed E-state index contributed by atoms with van der Waals surface area (Å²) in [6, 6.07) is 5.57. The first-order chi connectivity index (χ1) is 6.22. The fourth-order valence-corrected chi connectivity index (χ4v) is 1.17. The summed E-state index contributed by atoms with van der Waals surface area (Å²) in [6.07, 6.45) is 1.82. The van der Waals surface area contributed by atoms with Crippen molar-refractivity contribution in [2.24, 2.45) is 0 Å². The van der Waals surface area contributed by atoms with E-state index in [1.807, 2.05) is 18.2 Å². The SMILES string of the molecule is C=CCNCc1cc(N)cc(N)c1.Cl. The summed E-state index contributed by atoms with van der Waals surface area (Å²) in [4.78, 5) is 0. The number of hydrogen-bond donors (Lipinski definition) is 3. The Kier molecular flexibility index (Phi) is 5.76. The number of nitrogen functional groups attached to an aromatic ring is 2. The summed E-state index contributed by atoms with van der Waals surface area (Å²) in [5.74, 6) is 0. The lowest BCUT2D eigenvalue weighted by Crippen LogP contribution is -2.12. The molecule has 5 N–H and O–H groups in total. The lowest BCUT2D eigenvalue weighted by atomic mass is 10.2. The average molecular weight is 214 g/mol. The zero-order valence-corrected chi connectivity index (χ0v) is 8.81. The topological polar surface area (TPSA) is 64.1 Å². The summed E-state index contributed by atoms with van der Waals surface area (Å²) in [5, 5.41) is 3.18. The van der Waals surface area contributed by atoms with Crippen molar-refractivity contribution in [1.82, 2.24) is 5.32 Å². The van der Waals surface area contributed by atoms with Gasteiger partial charge in [-0.3, -0.25) is 0 Å². The second-order valence-electron chi connectivity index (χ2n) is 2.93.